The van der Waals surface area contributed by atoms with Crippen LogP contribution in [-0.2, 0) is 4.74 Å². The minimum absolute atomic E-state index is 0.339. The maximum absolute atomic E-state index is 11.6. The lowest BCUT2D eigenvalue weighted by atomic mass is 9.96. The van der Waals surface area contributed by atoms with Crippen LogP contribution in [0.5, 0.6) is 0 Å². The number of methoxy groups -OCH3 is 1. The molecule has 0 radical (unpaired) electrons. The second-order valence-corrected chi connectivity index (χ2v) is 8.76. The molecule has 1 aliphatic carbocycles. The number of aromatic nitrogens is 1. The van der Waals surface area contributed by atoms with Gasteiger partial charge in [0.2, 0.25) is 4.80 Å². The fourth-order valence-electron chi connectivity index (χ4n) is 3.41. The summed E-state index contributed by atoms with van der Waals surface area (Å²) in [5.41, 5.74) is 2.50. The SMILES string of the molecule is COC(=O)c1ccc(C=Nn2c(-c3cccs3)csc2=NC2CCCCC2)cc1. The molecule has 0 atom stereocenters. The van der Waals surface area contributed by atoms with Crippen molar-refractivity contribution in [1.29, 1.82) is 0 Å². The number of nitrogens with zero attached hydrogens (tertiary/aromatic N) is 3. The van der Waals surface area contributed by atoms with Gasteiger partial charge in [-0.3, -0.25) is 4.99 Å². The van der Waals surface area contributed by atoms with E-state index in [9.17, 15) is 4.79 Å². The van der Waals surface area contributed by atoms with Gasteiger partial charge in [-0.15, -0.1) is 22.7 Å². The molecule has 1 aromatic carbocycles. The Morgan fingerprint density at radius 1 is 1.14 bits per heavy atom. The highest BCUT2D eigenvalue weighted by Crippen LogP contribution is 2.26. The molecule has 0 unspecified atom stereocenters. The molecule has 0 N–H and O–H groups in total. The summed E-state index contributed by atoms with van der Waals surface area (Å²) in [5.74, 6) is -0.339. The average molecular weight is 426 g/mol. The van der Waals surface area contributed by atoms with Crippen LogP contribution in [0.15, 0.2) is 57.3 Å². The molecule has 29 heavy (non-hydrogen) atoms. The van der Waals surface area contributed by atoms with E-state index in [1.807, 2.05) is 23.0 Å². The minimum atomic E-state index is -0.339. The normalized spacial score (nSPS) is 15.8. The van der Waals surface area contributed by atoms with E-state index < -0.39 is 0 Å². The highest BCUT2D eigenvalue weighted by Gasteiger charge is 2.14. The van der Waals surface area contributed by atoms with Crippen LogP contribution in [0.2, 0.25) is 0 Å². The summed E-state index contributed by atoms with van der Waals surface area (Å²) >= 11 is 3.34. The van der Waals surface area contributed by atoms with Crippen LogP contribution in [0.3, 0.4) is 0 Å². The summed E-state index contributed by atoms with van der Waals surface area (Å²) in [5, 5.41) is 8.96. The monoisotopic (exact) mass is 425 g/mol. The maximum atomic E-state index is 11.6. The predicted octanol–water partition coefficient (Wildman–Crippen LogP) is 5.18. The maximum Gasteiger partial charge on any atom is 0.337 e. The average Bonchev–Trinajstić information content (AvgIpc) is 3.43. The number of carbonyl (C=O) groups is 1. The lowest BCUT2D eigenvalue weighted by Gasteiger charge is -2.16. The van der Waals surface area contributed by atoms with Gasteiger partial charge in [0.05, 0.1) is 35.5 Å². The van der Waals surface area contributed by atoms with E-state index in [1.165, 1.54) is 31.2 Å². The predicted molar refractivity (Wildman–Crippen MR) is 119 cm³/mol. The van der Waals surface area contributed by atoms with Crippen molar-refractivity contribution in [3.63, 3.8) is 0 Å². The molecule has 0 spiro atoms. The quantitative estimate of drug-likeness (QED) is 0.418. The van der Waals surface area contributed by atoms with Crippen molar-refractivity contribution in [3.8, 4) is 10.6 Å². The first kappa shape index (κ1) is 19.8. The Kier molecular flexibility index (Phi) is 6.36. The molecule has 7 heteroatoms. The van der Waals surface area contributed by atoms with Crippen molar-refractivity contribution in [2.24, 2.45) is 10.1 Å². The summed E-state index contributed by atoms with van der Waals surface area (Å²) in [6.07, 6.45) is 7.96. The van der Waals surface area contributed by atoms with Crippen LogP contribution in [0.25, 0.3) is 10.6 Å². The van der Waals surface area contributed by atoms with Crippen LogP contribution in [0, 0.1) is 0 Å². The molecule has 4 rings (SSSR count). The number of hydrogen-bond acceptors (Lipinski definition) is 6. The number of benzene rings is 1. The Morgan fingerprint density at radius 3 is 2.62 bits per heavy atom. The smallest absolute Gasteiger partial charge is 0.337 e. The Bertz CT molecular complexity index is 1040. The first-order valence-corrected chi connectivity index (χ1v) is 11.5. The van der Waals surface area contributed by atoms with Crippen molar-refractivity contribution in [2.45, 2.75) is 38.1 Å². The summed E-state index contributed by atoms with van der Waals surface area (Å²) < 4.78 is 6.70. The highest BCUT2D eigenvalue weighted by molar-refractivity contribution is 7.14. The number of ether oxygens (including phenoxy) is 1. The summed E-state index contributed by atoms with van der Waals surface area (Å²) in [6.45, 7) is 0. The van der Waals surface area contributed by atoms with Gasteiger partial charge < -0.3 is 4.74 Å². The van der Waals surface area contributed by atoms with Crippen LogP contribution in [-0.4, -0.2) is 30.0 Å². The Labute approximate surface area is 178 Å². The van der Waals surface area contributed by atoms with Gasteiger partial charge >= 0.3 is 5.97 Å². The van der Waals surface area contributed by atoms with Gasteiger partial charge in [0.25, 0.3) is 0 Å². The molecule has 150 valence electrons. The zero-order valence-corrected chi connectivity index (χ0v) is 17.9. The molecule has 2 aromatic heterocycles. The van der Waals surface area contributed by atoms with E-state index in [0.717, 1.165) is 28.9 Å². The molecule has 1 aliphatic rings. The third-order valence-electron chi connectivity index (χ3n) is 4.98. The first-order chi connectivity index (χ1) is 14.2. The molecule has 0 amide bonds. The number of thiophene rings is 1. The molecule has 1 saturated carbocycles. The number of thiazole rings is 1. The first-order valence-electron chi connectivity index (χ1n) is 9.75. The van der Waals surface area contributed by atoms with Crippen molar-refractivity contribution in [2.75, 3.05) is 7.11 Å². The van der Waals surface area contributed by atoms with E-state index in [4.69, 9.17) is 14.8 Å². The molecule has 5 nitrogen and oxygen atoms in total. The van der Waals surface area contributed by atoms with Crippen molar-refractivity contribution in [3.05, 3.63) is 63.1 Å². The molecule has 3 aromatic rings. The molecular formula is C22H23N3O2S2. The molecular weight excluding hydrogens is 402 g/mol. The fourth-order valence-corrected chi connectivity index (χ4v) is 5.11. The lowest BCUT2D eigenvalue weighted by molar-refractivity contribution is 0.0600. The van der Waals surface area contributed by atoms with Crippen molar-refractivity contribution >= 4 is 34.9 Å². The van der Waals surface area contributed by atoms with Gasteiger partial charge in [0.1, 0.15) is 0 Å². The van der Waals surface area contributed by atoms with Crippen LogP contribution in [0.4, 0.5) is 0 Å². The molecule has 0 bridgehead atoms. The highest BCUT2D eigenvalue weighted by atomic mass is 32.1. The zero-order chi connectivity index (χ0) is 20.1. The topological polar surface area (TPSA) is 55.9 Å². The van der Waals surface area contributed by atoms with Gasteiger partial charge in [0, 0.05) is 5.38 Å². The summed E-state index contributed by atoms with van der Waals surface area (Å²) in [6, 6.07) is 11.8. The van der Waals surface area contributed by atoms with Gasteiger partial charge in [-0.1, -0.05) is 37.5 Å². The van der Waals surface area contributed by atoms with E-state index in [-0.39, 0.29) is 5.97 Å². The Morgan fingerprint density at radius 2 is 1.93 bits per heavy atom. The molecule has 2 heterocycles. The van der Waals surface area contributed by atoms with Crippen molar-refractivity contribution < 1.29 is 9.53 Å². The van der Waals surface area contributed by atoms with E-state index in [2.05, 4.69) is 22.9 Å². The van der Waals surface area contributed by atoms with Crippen molar-refractivity contribution in [1.82, 2.24) is 4.68 Å². The zero-order valence-electron chi connectivity index (χ0n) is 16.3. The van der Waals surface area contributed by atoms with Gasteiger partial charge in [-0.2, -0.15) is 5.10 Å². The summed E-state index contributed by atoms with van der Waals surface area (Å²) in [4.78, 5) is 18.7. The third-order valence-corrected chi connectivity index (χ3v) is 6.70. The number of carbonyl (C=O) groups excluding carboxylic acids is 1. The Hall–Kier alpha value is -2.51. The number of esters is 1. The van der Waals surface area contributed by atoms with Crippen LogP contribution < -0.4 is 4.80 Å². The molecule has 0 saturated heterocycles. The molecule has 0 aliphatic heterocycles. The second-order valence-electron chi connectivity index (χ2n) is 6.97. The second kappa shape index (κ2) is 9.33. The van der Waals surface area contributed by atoms with Gasteiger partial charge in [0.15, 0.2) is 0 Å². The number of rotatable bonds is 5. The van der Waals surface area contributed by atoms with E-state index in [0.29, 0.717) is 11.6 Å². The Balaban J connectivity index is 1.67. The third kappa shape index (κ3) is 4.74. The van der Waals surface area contributed by atoms with Crippen LogP contribution in [0.1, 0.15) is 48.0 Å². The summed E-state index contributed by atoms with van der Waals surface area (Å²) in [7, 11) is 1.38. The number of hydrogen-bond donors (Lipinski definition) is 0. The van der Waals surface area contributed by atoms with E-state index >= 15 is 0 Å². The van der Waals surface area contributed by atoms with Gasteiger partial charge in [-0.05, 0) is 42.0 Å². The fraction of sp³-hybridized carbons (Fsp3) is 0.318. The largest absolute Gasteiger partial charge is 0.465 e. The van der Waals surface area contributed by atoms with Crippen LogP contribution >= 0.6 is 22.7 Å². The standard InChI is InChI=1S/C22H23N3O2S2/c1-27-21(26)17-11-9-16(10-12-17)14-23-25-19(20-8-5-13-28-20)15-29-22(25)24-18-6-3-2-4-7-18/h5,8-15,18H,2-4,6-7H2,1H3. The lowest BCUT2D eigenvalue weighted by Crippen LogP contribution is -2.18. The van der Waals surface area contributed by atoms with E-state index in [1.54, 1.807) is 34.8 Å². The van der Waals surface area contributed by atoms with Gasteiger partial charge in [-0.25, -0.2) is 9.47 Å². The minimum Gasteiger partial charge on any atom is -0.465 e. The molecule has 1 fully saturated rings.